The first-order valence-electron chi connectivity index (χ1n) is 8.68. The van der Waals surface area contributed by atoms with E-state index in [0.717, 1.165) is 18.6 Å². The summed E-state index contributed by atoms with van der Waals surface area (Å²) in [6.07, 6.45) is 1.02. The van der Waals surface area contributed by atoms with E-state index in [0.29, 0.717) is 6.07 Å². The van der Waals surface area contributed by atoms with Crippen molar-refractivity contribution in [1.82, 2.24) is 15.5 Å². The van der Waals surface area contributed by atoms with Gasteiger partial charge in [-0.25, -0.2) is 8.78 Å². The van der Waals surface area contributed by atoms with Crippen molar-refractivity contribution in [3.05, 3.63) is 35.4 Å². The number of fused-ring (bicyclic) bond motifs is 1. The molecular weight excluding hydrogens is 344 g/mol. The number of amides is 3. The molecule has 2 fully saturated rings. The Kier molecular flexibility index (Phi) is 4.93. The van der Waals surface area contributed by atoms with E-state index in [2.05, 4.69) is 10.6 Å². The fourth-order valence-electron chi connectivity index (χ4n) is 3.50. The zero-order chi connectivity index (χ0) is 19.0. The molecule has 0 spiro atoms. The summed E-state index contributed by atoms with van der Waals surface area (Å²) in [5, 5.41) is 5.43. The van der Waals surface area contributed by atoms with Gasteiger partial charge in [-0.1, -0.05) is 20.3 Å². The number of nitrogens with zero attached hydrogens (tertiary/aromatic N) is 1. The summed E-state index contributed by atoms with van der Waals surface area (Å²) in [4.78, 5) is 38.7. The van der Waals surface area contributed by atoms with Crippen LogP contribution in [0.5, 0.6) is 0 Å². The summed E-state index contributed by atoms with van der Waals surface area (Å²) < 4.78 is 26.5. The van der Waals surface area contributed by atoms with E-state index in [9.17, 15) is 23.2 Å². The molecule has 2 saturated heterocycles. The van der Waals surface area contributed by atoms with Crippen LogP contribution in [-0.4, -0.2) is 47.3 Å². The summed E-state index contributed by atoms with van der Waals surface area (Å²) in [7, 11) is 0. The van der Waals surface area contributed by atoms with Gasteiger partial charge in [0, 0.05) is 24.2 Å². The van der Waals surface area contributed by atoms with E-state index >= 15 is 0 Å². The number of hydrogen-bond acceptors (Lipinski definition) is 3. The minimum atomic E-state index is -0.843. The van der Waals surface area contributed by atoms with Gasteiger partial charge in [-0.05, 0) is 24.5 Å². The van der Waals surface area contributed by atoms with Gasteiger partial charge < -0.3 is 15.5 Å². The van der Waals surface area contributed by atoms with Crippen molar-refractivity contribution in [2.45, 2.75) is 44.8 Å². The molecule has 3 rings (SSSR count). The first-order valence-corrected chi connectivity index (χ1v) is 8.68. The van der Waals surface area contributed by atoms with Crippen LogP contribution in [0, 0.1) is 17.6 Å². The third-order valence-electron chi connectivity index (χ3n) is 5.12. The van der Waals surface area contributed by atoms with E-state index in [4.69, 9.17) is 0 Å². The Bertz CT molecular complexity index is 735. The summed E-state index contributed by atoms with van der Waals surface area (Å²) in [6.45, 7) is 4.05. The second kappa shape index (κ2) is 7.01. The van der Waals surface area contributed by atoms with Crippen LogP contribution in [0.4, 0.5) is 8.78 Å². The summed E-state index contributed by atoms with van der Waals surface area (Å²) in [5.41, 5.74) is -0.138. The lowest BCUT2D eigenvalue weighted by Gasteiger charge is -2.36. The van der Waals surface area contributed by atoms with Crippen molar-refractivity contribution in [1.29, 1.82) is 0 Å². The molecular formula is C18H21F2N3O3. The third-order valence-corrected chi connectivity index (χ3v) is 5.12. The number of carbonyl (C=O) groups is 3. The lowest BCUT2D eigenvalue weighted by Crippen LogP contribution is -2.62. The predicted molar refractivity (Wildman–Crippen MR) is 89.1 cm³/mol. The summed E-state index contributed by atoms with van der Waals surface area (Å²) in [6, 6.07) is 0.928. The standard InChI is InChI=1S/C18H21F2N3O3/c1-3-9(2)15-18(26)23-8-13(7-14(23)17(25)22-15)21-16(24)10-4-11(19)6-12(20)5-10/h4-6,9,13-15H,3,7-8H2,1-2H3,(H,21,24)(H,22,25)/t9-,13-,14-,15-/m0/s1. The van der Waals surface area contributed by atoms with Crippen LogP contribution in [-0.2, 0) is 9.59 Å². The molecule has 4 atom stereocenters. The topological polar surface area (TPSA) is 78.5 Å². The lowest BCUT2D eigenvalue weighted by atomic mass is 9.95. The Labute approximate surface area is 149 Å². The second-order valence-electron chi connectivity index (χ2n) is 6.94. The van der Waals surface area contributed by atoms with Crippen molar-refractivity contribution in [3.8, 4) is 0 Å². The second-order valence-corrected chi connectivity index (χ2v) is 6.94. The highest BCUT2D eigenvalue weighted by atomic mass is 19.1. The Morgan fingerprint density at radius 3 is 2.58 bits per heavy atom. The molecule has 0 saturated carbocycles. The largest absolute Gasteiger partial charge is 0.347 e. The smallest absolute Gasteiger partial charge is 0.251 e. The number of rotatable bonds is 4. The molecule has 2 aliphatic rings. The monoisotopic (exact) mass is 365 g/mol. The van der Waals surface area contributed by atoms with Crippen LogP contribution in [0.1, 0.15) is 37.0 Å². The maximum Gasteiger partial charge on any atom is 0.251 e. The van der Waals surface area contributed by atoms with Crippen molar-refractivity contribution in [2.24, 2.45) is 5.92 Å². The number of halogens is 2. The Hall–Kier alpha value is -2.51. The van der Waals surface area contributed by atoms with Crippen molar-refractivity contribution in [2.75, 3.05) is 6.54 Å². The number of hydrogen-bond donors (Lipinski definition) is 2. The van der Waals surface area contributed by atoms with Gasteiger partial charge in [0.1, 0.15) is 23.7 Å². The van der Waals surface area contributed by atoms with Gasteiger partial charge in [0.15, 0.2) is 0 Å². The molecule has 0 aliphatic carbocycles. The number of carbonyl (C=O) groups excluding carboxylic acids is 3. The number of benzene rings is 1. The van der Waals surface area contributed by atoms with Gasteiger partial charge in [-0.15, -0.1) is 0 Å². The van der Waals surface area contributed by atoms with Gasteiger partial charge in [-0.2, -0.15) is 0 Å². The molecule has 26 heavy (non-hydrogen) atoms. The molecule has 6 nitrogen and oxygen atoms in total. The van der Waals surface area contributed by atoms with E-state index in [-0.39, 0.29) is 36.3 Å². The minimum Gasteiger partial charge on any atom is -0.347 e. The van der Waals surface area contributed by atoms with Crippen molar-refractivity contribution >= 4 is 17.7 Å². The van der Waals surface area contributed by atoms with Crippen LogP contribution >= 0.6 is 0 Å². The van der Waals surface area contributed by atoms with E-state index in [1.54, 1.807) is 0 Å². The zero-order valence-corrected chi connectivity index (χ0v) is 14.6. The fourth-order valence-corrected chi connectivity index (χ4v) is 3.50. The molecule has 1 aromatic rings. The minimum absolute atomic E-state index is 0.0105. The molecule has 0 aromatic heterocycles. The lowest BCUT2D eigenvalue weighted by molar-refractivity contribution is -0.148. The summed E-state index contributed by atoms with van der Waals surface area (Å²) >= 11 is 0. The summed E-state index contributed by atoms with van der Waals surface area (Å²) in [5.74, 6) is -2.70. The van der Waals surface area contributed by atoms with Crippen LogP contribution in [0.25, 0.3) is 0 Å². The molecule has 0 unspecified atom stereocenters. The van der Waals surface area contributed by atoms with Gasteiger partial charge >= 0.3 is 0 Å². The molecule has 2 heterocycles. The normalized spacial score (nSPS) is 26.3. The number of nitrogens with one attached hydrogen (secondary N) is 2. The van der Waals surface area contributed by atoms with E-state index < -0.39 is 35.7 Å². The highest BCUT2D eigenvalue weighted by Crippen LogP contribution is 2.26. The van der Waals surface area contributed by atoms with Gasteiger partial charge in [0.05, 0.1) is 0 Å². The SMILES string of the molecule is CC[C@H](C)[C@@H]1NC(=O)[C@@H]2C[C@H](NC(=O)c3cc(F)cc(F)c3)CN2C1=O. The maximum atomic E-state index is 13.3. The first kappa shape index (κ1) is 18.3. The zero-order valence-electron chi connectivity index (χ0n) is 14.6. The quantitative estimate of drug-likeness (QED) is 0.842. The highest BCUT2D eigenvalue weighted by molar-refractivity contribution is 5.98. The fraction of sp³-hybridized carbons (Fsp3) is 0.500. The molecule has 2 N–H and O–H groups in total. The van der Waals surface area contributed by atoms with Gasteiger partial charge in [-0.3, -0.25) is 14.4 Å². The Morgan fingerprint density at radius 1 is 1.31 bits per heavy atom. The molecule has 1 aromatic carbocycles. The van der Waals surface area contributed by atoms with Crippen LogP contribution in [0.3, 0.4) is 0 Å². The average molecular weight is 365 g/mol. The van der Waals surface area contributed by atoms with E-state index in [1.165, 1.54) is 4.90 Å². The third kappa shape index (κ3) is 3.40. The molecule has 2 aliphatic heterocycles. The first-order chi connectivity index (χ1) is 12.3. The van der Waals surface area contributed by atoms with Crippen molar-refractivity contribution < 1.29 is 23.2 Å². The molecule has 140 valence electrons. The maximum absolute atomic E-state index is 13.3. The van der Waals surface area contributed by atoms with Crippen LogP contribution in [0.2, 0.25) is 0 Å². The molecule has 0 radical (unpaired) electrons. The van der Waals surface area contributed by atoms with E-state index in [1.807, 2.05) is 13.8 Å². The van der Waals surface area contributed by atoms with Crippen molar-refractivity contribution in [3.63, 3.8) is 0 Å². The molecule has 0 bridgehead atoms. The predicted octanol–water partition coefficient (Wildman–Crippen LogP) is 1.21. The van der Waals surface area contributed by atoms with Crippen LogP contribution in [0.15, 0.2) is 18.2 Å². The number of piperazine rings is 1. The highest BCUT2D eigenvalue weighted by Gasteiger charge is 2.47. The molecule has 3 amide bonds. The molecule has 8 heteroatoms. The average Bonchev–Trinajstić information content (AvgIpc) is 3.01. The Balaban J connectivity index is 1.70. The van der Waals surface area contributed by atoms with Gasteiger partial charge in [0.2, 0.25) is 11.8 Å². The Morgan fingerprint density at radius 2 is 1.96 bits per heavy atom. The van der Waals surface area contributed by atoms with Gasteiger partial charge in [0.25, 0.3) is 5.91 Å². The van der Waals surface area contributed by atoms with Crippen LogP contribution < -0.4 is 10.6 Å².